The van der Waals surface area contributed by atoms with E-state index in [0.29, 0.717) is 11.9 Å². The molecule has 1 amide bonds. The summed E-state index contributed by atoms with van der Waals surface area (Å²) in [7, 11) is 0. The van der Waals surface area contributed by atoms with Gasteiger partial charge in [0.1, 0.15) is 0 Å². The van der Waals surface area contributed by atoms with Gasteiger partial charge in [0.25, 0.3) is 0 Å². The van der Waals surface area contributed by atoms with Crippen LogP contribution >= 0.6 is 0 Å². The van der Waals surface area contributed by atoms with Gasteiger partial charge in [0.05, 0.1) is 0 Å². The number of nitrogens with zero attached hydrogens (tertiary/aromatic N) is 1. The molecule has 1 rings (SSSR count). The van der Waals surface area contributed by atoms with Crippen LogP contribution in [0.4, 0.5) is 0 Å². The molecule has 0 unspecified atom stereocenters. The highest BCUT2D eigenvalue weighted by atomic mass is 16.2. The monoisotopic (exact) mass is 268 g/mol. The molecule has 0 aromatic carbocycles. The Balaban J connectivity index is 2.37. The topological polar surface area (TPSA) is 32.3 Å². The smallest absolute Gasteiger partial charge is 0.225 e. The summed E-state index contributed by atoms with van der Waals surface area (Å²) >= 11 is 0. The average molecular weight is 268 g/mol. The number of carbonyl (C=O) groups excluding carboxylic acids is 1. The third-order valence-electron chi connectivity index (χ3n) is 4.11. The molecule has 1 N–H and O–H groups in total. The third kappa shape index (κ3) is 5.52. The van der Waals surface area contributed by atoms with Crippen molar-refractivity contribution >= 4 is 5.91 Å². The van der Waals surface area contributed by atoms with Gasteiger partial charge in [-0.15, -0.1) is 0 Å². The number of rotatable bonds is 8. The van der Waals surface area contributed by atoms with E-state index in [0.717, 1.165) is 58.2 Å². The molecule has 0 aromatic heterocycles. The molecule has 0 aromatic rings. The molecule has 1 aliphatic heterocycles. The van der Waals surface area contributed by atoms with Crippen LogP contribution in [0.15, 0.2) is 0 Å². The molecule has 0 saturated carbocycles. The average Bonchev–Trinajstić information content (AvgIpc) is 2.44. The highest BCUT2D eigenvalue weighted by molar-refractivity contribution is 5.78. The third-order valence-corrected chi connectivity index (χ3v) is 4.11. The number of carbonyl (C=O) groups is 1. The molecule has 1 heterocycles. The molecule has 0 aliphatic carbocycles. The van der Waals surface area contributed by atoms with Gasteiger partial charge in [-0.25, -0.2) is 0 Å². The maximum atomic E-state index is 12.5. The van der Waals surface area contributed by atoms with Crippen molar-refractivity contribution in [2.75, 3.05) is 19.6 Å². The van der Waals surface area contributed by atoms with E-state index in [-0.39, 0.29) is 5.92 Å². The summed E-state index contributed by atoms with van der Waals surface area (Å²) in [5.74, 6) is 0.688. The molecular formula is C16H32N2O. The van der Waals surface area contributed by atoms with E-state index in [2.05, 4.69) is 31.0 Å². The Hall–Kier alpha value is -0.570. The van der Waals surface area contributed by atoms with Crippen molar-refractivity contribution in [3.05, 3.63) is 0 Å². The lowest BCUT2D eigenvalue weighted by molar-refractivity contribution is -0.137. The van der Waals surface area contributed by atoms with Crippen LogP contribution in [-0.2, 0) is 4.79 Å². The minimum absolute atomic E-state index is 0.273. The predicted octanol–water partition coefficient (Wildman–Crippen LogP) is 3.19. The quantitative estimate of drug-likeness (QED) is 0.733. The second kappa shape index (κ2) is 9.35. The summed E-state index contributed by atoms with van der Waals surface area (Å²) < 4.78 is 0. The Morgan fingerprint density at radius 3 is 2.16 bits per heavy atom. The minimum atomic E-state index is 0.273. The van der Waals surface area contributed by atoms with Crippen LogP contribution in [0, 0.1) is 5.92 Å². The van der Waals surface area contributed by atoms with Crippen molar-refractivity contribution in [3.63, 3.8) is 0 Å². The Morgan fingerprint density at radius 1 is 1.11 bits per heavy atom. The molecule has 19 heavy (non-hydrogen) atoms. The molecule has 0 radical (unpaired) electrons. The lowest BCUT2D eigenvalue weighted by Crippen LogP contribution is -2.46. The molecule has 3 nitrogen and oxygen atoms in total. The fraction of sp³-hybridized carbons (Fsp3) is 0.938. The first-order chi connectivity index (χ1) is 9.22. The van der Waals surface area contributed by atoms with Crippen molar-refractivity contribution in [1.82, 2.24) is 10.2 Å². The molecule has 112 valence electrons. The molecule has 1 fully saturated rings. The second-order valence-corrected chi connectivity index (χ2v) is 5.83. The Kier molecular flexibility index (Phi) is 8.11. The van der Waals surface area contributed by atoms with Crippen LogP contribution in [-0.4, -0.2) is 36.5 Å². The van der Waals surface area contributed by atoms with E-state index in [4.69, 9.17) is 0 Å². The lowest BCUT2D eigenvalue weighted by Gasteiger charge is -2.34. The summed E-state index contributed by atoms with van der Waals surface area (Å²) in [4.78, 5) is 14.6. The maximum Gasteiger partial charge on any atom is 0.225 e. The van der Waals surface area contributed by atoms with E-state index in [1.165, 1.54) is 6.42 Å². The van der Waals surface area contributed by atoms with Crippen molar-refractivity contribution in [3.8, 4) is 0 Å². The van der Waals surface area contributed by atoms with Gasteiger partial charge in [0.2, 0.25) is 5.91 Å². The highest BCUT2D eigenvalue weighted by Crippen LogP contribution is 2.20. The van der Waals surface area contributed by atoms with Gasteiger partial charge in [-0.05, 0) is 38.6 Å². The van der Waals surface area contributed by atoms with Crippen molar-refractivity contribution in [2.45, 2.75) is 71.8 Å². The van der Waals surface area contributed by atoms with Crippen molar-refractivity contribution in [1.29, 1.82) is 0 Å². The first-order valence-corrected chi connectivity index (χ1v) is 8.25. The SMILES string of the molecule is CCCNC1CCN(C(=O)C(CCC)CCC)CC1. The van der Waals surface area contributed by atoms with Gasteiger partial charge in [-0.1, -0.05) is 33.6 Å². The zero-order valence-corrected chi connectivity index (χ0v) is 13.1. The van der Waals surface area contributed by atoms with Crippen LogP contribution in [0.2, 0.25) is 0 Å². The first kappa shape index (κ1) is 16.5. The number of hydrogen-bond acceptors (Lipinski definition) is 2. The molecule has 1 saturated heterocycles. The molecule has 0 spiro atoms. The summed E-state index contributed by atoms with van der Waals surface area (Å²) in [5, 5.41) is 3.57. The second-order valence-electron chi connectivity index (χ2n) is 5.83. The number of likely N-dealkylation sites (tertiary alicyclic amines) is 1. The fourth-order valence-electron chi connectivity index (χ4n) is 3.00. The highest BCUT2D eigenvalue weighted by Gasteiger charge is 2.26. The van der Waals surface area contributed by atoms with Gasteiger partial charge in [-0.3, -0.25) is 4.79 Å². The van der Waals surface area contributed by atoms with E-state index >= 15 is 0 Å². The van der Waals surface area contributed by atoms with Gasteiger partial charge >= 0.3 is 0 Å². The molecular weight excluding hydrogens is 236 g/mol. The van der Waals surface area contributed by atoms with Crippen molar-refractivity contribution < 1.29 is 4.79 Å². The molecule has 0 bridgehead atoms. The largest absolute Gasteiger partial charge is 0.342 e. The van der Waals surface area contributed by atoms with Crippen LogP contribution in [0.25, 0.3) is 0 Å². The zero-order chi connectivity index (χ0) is 14.1. The molecule has 1 aliphatic rings. The molecule has 3 heteroatoms. The fourth-order valence-corrected chi connectivity index (χ4v) is 3.00. The summed E-state index contributed by atoms with van der Waals surface area (Å²) in [5.41, 5.74) is 0. The van der Waals surface area contributed by atoms with E-state index in [9.17, 15) is 4.79 Å². The Morgan fingerprint density at radius 2 is 1.68 bits per heavy atom. The lowest BCUT2D eigenvalue weighted by atomic mass is 9.95. The van der Waals surface area contributed by atoms with Crippen molar-refractivity contribution in [2.24, 2.45) is 5.92 Å². The Bertz CT molecular complexity index is 241. The van der Waals surface area contributed by atoms with E-state index in [1.807, 2.05) is 0 Å². The first-order valence-electron chi connectivity index (χ1n) is 8.25. The number of nitrogens with one attached hydrogen (secondary N) is 1. The summed E-state index contributed by atoms with van der Waals surface area (Å²) in [6, 6.07) is 0.625. The standard InChI is InChI=1S/C16H32N2O/c1-4-7-14(8-5-2)16(19)18-12-9-15(10-13-18)17-11-6-3/h14-15,17H,4-13H2,1-3H3. The zero-order valence-electron chi connectivity index (χ0n) is 13.1. The molecule has 0 atom stereocenters. The predicted molar refractivity (Wildman–Crippen MR) is 81.2 cm³/mol. The van der Waals surface area contributed by atoms with Gasteiger partial charge in [0, 0.05) is 25.0 Å². The number of hydrogen-bond donors (Lipinski definition) is 1. The van der Waals surface area contributed by atoms with Gasteiger partial charge in [-0.2, -0.15) is 0 Å². The number of amides is 1. The number of piperidine rings is 1. The van der Waals surface area contributed by atoms with Gasteiger partial charge in [0.15, 0.2) is 0 Å². The van der Waals surface area contributed by atoms with E-state index in [1.54, 1.807) is 0 Å². The van der Waals surface area contributed by atoms with Crippen LogP contribution in [0.3, 0.4) is 0 Å². The van der Waals surface area contributed by atoms with E-state index < -0.39 is 0 Å². The minimum Gasteiger partial charge on any atom is -0.342 e. The normalized spacial score (nSPS) is 17.2. The van der Waals surface area contributed by atoms with Crippen LogP contribution in [0.5, 0.6) is 0 Å². The van der Waals surface area contributed by atoms with Crippen LogP contribution in [0.1, 0.15) is 65.7 Å². The summed E-state index contributed by atoms with van der Waals surface area (Å²) in [6.45, 7) is 9.56. The maximum absolute atomic E-state index is 12.5. The Labute approximate surface area is 119 Å². The summed E-state index contributed by atoms with van der Waals surface area (Å²) in [6.07, 6.45) is 7.78. The van der Waals surface area contributed by atoms with Gasteiger partial charge < -0.3 is 10.2 Å². The van der Waals surface area contributed by atoms with Crippen LogP contribution < -0.4 is 5.32 Å².